The van der Waals surface area contributed by atoms with Crippen molar-refractivity contribution in [2.45, 2.75) is 38.8 Å². The molecule has 0 aromatic heterocycles. The summed E-state index contributed by atoms with van der Waals surface area (Å²) >= 11 is 0. The summed E-state index contributed by atoms with van der Waals surface area (Å²) < 4.78 is 10.8. The molecule has 2 N–H and O–H groups in total. The monoisotopic (exact) mass is 322 g/mol. The molecule has 0 bridgehead atoms. The Bertz CT molecular complexity index is 473. The van der Waals surface area contributed by atoms with Crippen LogP contribution in [0.25, 0.3) is 0 Å². The number of nitrogens with one attached hydrogen (secondary N) is 1. The SMILES string of the molecule is C[C@@H]1CN(CC(O)CNC(=O)OCc2ccccc2)C[C@H](C)O1. The summed E-state index contributed by atoms with van der Waals surface area (Å²) in [6, 6.07) is 9.48. The second-order valence-electron chi connectivity index (χ2n) is 6.07. The van der Waals surface area contributed by atoms with Crippen LogP contribution in [0.15, 0.2) is 30.3 Å². The lowest BCUT2D eigenvalue weighted by Gasteiger charge is -2.36. The minimum Gasteiger partial charge on any atom is -0.445 e. The molecule has 23 heavy (non-hydrogen) atoms. The highest BCUT2D eigenvalue weighted by Gasteiger charge is 2.23. The number of morpholine rings is 1. The number of hydrogen-bond donors (Lipinski definition) is 2. The lowest BCUT2D eigenvalue weighted by Crippen LogP contribution is -2.49. The molecule has 0 saturated carbocycles. The first-order valence-electron chi connectivity index (χ1n) is 8.03. The maximum atomic E-state index is 11.6. The van der Waals surface area contributed by atoms with Crippen molar-refractivity contribution >= 4 is 6.09 Å². The number of alkyl carbamates (subject to hydrolysis) is 1. The van der Waals surface area contributed by atoms with Crippen LogP contribution in [-0.2, 0) is 16.1 Å². The molecular formula is C17H26N2O4. The van der Waals surface area contributed by atoms with E-state index in [1.54, 1.807) is 0 Å². The van der Waals surface area contributed by atoms with Gasteiger partial charge in [0.05, 0.1) is 18.3 Å². The van der Waals surface area contributed by atoms with Crippen LogP contribution in [0.3, 0.4) is 0 Å². The lowest BCUT2D eigenvalue weighted by molar-refractivity contribution is -0.0761. The molecular weight excluding hydrogens is 296 g/mol. The molecule has 0 radical (unpaired) electrons. The van der Waals surface area contributed by atoms with Crippen molar-refractivity contribution < 1.29 is 19.4 Å². The third kappa shape index (κ3) is 6.56. The van der Waals surface area contributed by atoms with Crippen molar-refractivity contribution in [3.63, 3.8) is 0 Å². The molecule has 1 unspecified atom stereocenters. The lowest BCUT2D eigenvalue weighted by atomic mass is 10.2. The zero-order valence-electron chi connectivity index (χ0n) is 13.8. The first kappa shape index (κ1) is 17.7. The number of hydrogen-bond acceptors (Lipinski definition) is 5. The molecule has 1 saturated heterocycles. The minimum absolute atomic E-state index is 0.162. The van der Waals surface area contributed by atoms with E-state index in [9.17, 15) is 9.90 Å². The molecule has 1 fully saturated rings. The molecule has 3 atom stereocenters. The maximum absolute atomic E-state index is 11.6. The molecule has 6 heteroatoms. The van der Waals surface area contributed by atoms with E-state index in [0.29, 0.717) is 6.54 Å². The second-order valence-corrected chi connectivity index (χ2v) is 6.07. The van der Waals surface area contributed by atoms with Gasteiger partial charge in [-0.1, -0.05) is 30.3 Å². The summed E-state index contributed by atoms with van der Waals surface area (Å²) in [6.45, 7) is 6.54. The molecule has 1 aromatic carbocycles. The van der Waals surface area contributed by atoms with Crippen molar-refractivity contribution in [2.24, 2.45) is 0 Å². The van der Waals surface area contributed by atoms with Gasteiger partial charge in [0.25, 0.3) is 0 Å². The topological polar surface area (TPSA) is 71.0 Å². The smallest absolute Gasteiger partial charge is 0.407 e. The van der Waals surface area contributed by atoms with Gasteiger partial charge in [0, 0.05) is 26.2 Å². The Hall–Kier alpha value is -1.63. The Morgan fingerprint density at radius 1 is 1.35 bits per heavy atom. The van der Waals surface area contributed by atoms with Crippen LogP contribution in [0.2, 0.25) is 0 Å². The van der Waals surface area contributed by atoms with Crippen LogP contribution >= 0.6 is 0 Å². The van der Waals surface area contributed by atoms with E-state index in [4.69, 9.17) is 9.47 Å². The fourth-order valence-electron chi connectivity index (χ4n) is 2.77. The van der Waals surface area contributed by atoms with Crippen molar-refractivity contribution in [3.05, 3.63) is 35.9 Å². The average Bonchev–Trinajstić information content (AvgIpc) is 2.51. The van der Waals surface area contributed by atoms with Gasteiger partial charge in [-0.3, -0.25) is 4.90 Å². The fraction of sp³-hybridized carbons (Fsp3) is 0.588. The molecule has 1 aliphatic rings. The van der Waals surface area contributed by atoms with Crippen LogP contribution in [0.4, 0.5) is 4.79 Å². The van der Waals surface area contributed by atoms with Gasteiger partial charge in [0.15, 0.2) is 0 Å². The van der Waals surface area contributed by atoms with Gasteiger partial charge in [0.2, 0.25) is 0 Å². The third-order valence-electron chi connectivity index (χ3n) is 3.66. The number of carbonyl (C=O) groups is 1. The van der Waals surface area contributed by atoms with Crippen LogP contribution < -0.4 is 5.32 Å². The van der Waals surface area contributed by atoms with Gasteiger partial charge >= 0.3 is 6.09 Å². The predicted molar refractivity (Wildman–Crippen MR) is 87.1 cm³/mol. The van der Waals surface area contributed by atoms with E-state index >= 15 is 0 Å². The molecule has 1 amide bonds. The number of carbonyl (C=O) groups excluding carboxylic acids is 1. The predicted octanol–water partition coefficient (Wildman–Crippen LogP) is 1.38. The quantitative estimate of drug-likeness (QED) is 0.828. The number of β-amino-alcohol motifs (C(OH)–C–C–N with tert-alkyl or cyclic N) is 1. The summed E-state index contributed by atoms with van der Waals surface area (Å²) in [6.07, 6.45) is -0.821. The van der Waals surface area contributed by atoms with Gasteiger partial charge in [0.1, 0.15) is 6.61 Å². The molecule has 6 nitrogen and oxygen atoms in total. The Kier molecular flexibility index (Phi) is 6.83. The average molecular weight is 322 g/mol. The molecule has 1 aliphatic heterocycles. The number of aliphatic hydroxyl groups excluding tert-OH is 1. The maximum Gasteiger partial charge on any atom is 0.407 e. The van der Waals surface area contributed by atoms with E-state index in [1.165, 1.54) is 0 Å². The zero-order valence-corrected chi connectivity index (χ0v) is 13.8. The minimum atomic E-state index is -0.628. The third-order valence-corrected chi connectivity index (χ3v) is 3.66. The second kappa shape index (κ2) is 8.86. The Balaban J connectivity index is 1.63. The highest BCUT2D eigenvalue weighted by atomic mass is 16.5. The number of rotatable bonds is 6. The number of aliphatic hydroxyl groups is 1. The van der Waals surface area contributed by atoms with Crippen LogP contribution in [-0.4, -0.2) is 60.6 Å². The Morgan fingerprint density at radius 2 is 2.00 bits per heavy atom. The standard InChI is InChI=1S/C17H26N2O4/c1-13-9-19(10-14(2)23-13)11-16(20)8-18-17(21)22-12-15-6-4-3-5-7-15/h3-7,13-14,16,20H,8-12H2,1-2H3,(H,18,21)/t13-,14+,16?. The van der Waals surface area contributed by atoms with E-state index < -0.39 is 12.2 Å². The summed E-state index contributed by atoms with van der Waals surface area (Å²) in [5, 5.41) is 12.7. The summed E-state index contributed by atoms with van der Waals surface area (Å²) in [5.74, 6) is 0. The summed E-state index contributed by atoms with van der Waals surface area (Å²) in [4.78, 5) is 13.8. The molecule has 2 rings (SSSR count). The summed E-state index contributed by atoms with van der Waals surface area (Å²) in [7, 11) is 0. The van der Waals surface area contributed by atoms with Crippen LogP contribution in [0.1, 0.15) is 19.4 Å². The van der Waals surface area contributed by atoms with E-state index in [1.807, 2.05) is 44.2 Å². The molecule has 1 aromatic rings. The van der Waals surface area contributed by atoms with Crippen LogP contribution in [0.5, 0.6) is 0 Å². The summed E-state index contributed by atoms with van der Waals surface area (Å²) in [5.41, 5.74) is 0.930. The van der Waals surface area contributed by atoms with E-state index in [0.717, 1.165) is 18.7 Å². The fourth-order valence-corrected chi connectivity index (χ4v) is 2.77. The Labute approximate surface area is 137 Å². The van der Waals surface area contributed by atoms with Gasteiger partial charge < -0.3 is 19.9 Å². The van der Waals surface area contributed by atoms with Gasteiger partial charge in [-0.2, -0.15) is 0 Å². The van der Waals surface area contributed by atoms with Gasteiger partial charge in [-0.05, 0) is 19.4 Å². The first-order valence-corrected chi connectivity index (χ1v) is 8.03. The van der Waals surface area contributed by atoms with Gasteiger partial charge in [-0.15, -0.1) is 0 Å². The number of benzene rings is 1. The molecule has 1 heterocycles. The number of nitrogens with zero attached hydrogens (tertiary/aromatic N) is 1. The highest BCUT2D eigenvalue weighted by molar-refractivity contribution is 5.67. The number of amides is 1. The van der Waals surface area contributed by atoms with Crippen molar-refractivity contribution in [2.75, 3.05) is 26.2 Å². The number of ether oxygens (including phenoxy) is 2. The molecule has 128 valence electrons. The molecule has 0 spiro atoms. The zero-order chi connectivity index (χ0) is 16.7. The van der Waals surface area contributed by atoms with Crippen molar-refractivity contribution in [1.29, 1.82) is 0 Å². The first-order chi connectivity index (χ1) is 11.0. The molecule has 0 aliphatic carbocycles. The van der Waals surface area contributed by atoms with Gasteiger partial charge in [-0.25, -0.2) is 4.79 Å². The van der Waals surface area contributed by atoms with Crippen molar-refractivity contribution in [3.8, 4) is 0 Å². The van der Waals surface area contributed by atoms with E-state index in [-0.39, 0.29) is 25.4 Å². The van der Waals surface area contributed by atoms with Crippen molar-refractivity contribution in [1.82, 2.24) is 10.2 Å². The highest BCUT2D eigenvalue weighted by Crippen LogP contribution is 2.10. The normalized spacial score (nSPS) is 23.3. The Morgan fingerprint density at radius 3 is 2.65 bits per heavy atom. The van der Waals surface area contributed by atoms with Crippen LogP contribution in [0, 0.1) is 0 Å². The van der Waals surface area contributed by atoms with E-state index in [2.05, 4.69) is 10.2 Å². The largest absolute Gasteiger partial charge is 0.445 e.